The third-order valence-electron chi connectivity index (χ3n) is 2.99. The summed E-state index contributed by atoms with van der Waals surface area (Å²) in [4.78, 5) is 25.5. The average Bonchev–Trinajstić information content (AvgIpc) is 3.30. The number of nitrogens with two attached hydrogens (primary N) is 2. The summed E-state index contributed by atoms with van der Waals surface area (Å²) in [7, 11) is 3.16. The number of nitrogens with zero attached hydrogens (tertiary/aromatic N) is 1. The van der Waals surface area contributed by atoms with Gasteiger partial charge in [-0.05, 0) is 57.0 Å². The normalized spacial score (nSPS) is 9.13. The largest absolute Gasteiger partial charge is 0.384 e. The van der Waals surface area contributed by atoms with Gasteiger partial charge in [0.15, 0.2) is 0 Å². The highest BCUT2D eigenvalue weighted by atomic mass is 32.1. The second-order valence-corrected chi connectivity index (χ2v) is 5.99. The first kappa shape index (κ1) is 31.5. The van der Waals surface area contributed by atoms with Crippen LogP contribution in [0.2, 0.25) is 0 Å². The van der Waals surface area contributed by atoms with Crippen LogP contribution in [0.1, 0.15) is 34.6 Å². The molecule has 5 N–H and O–H groups in total. The number of aldehydes is 1. The van der Waals surface area contributed by atoms with Gasteiger partial charge >= 0.3 is 0 Å². The fourth-order valence-corrected chi connectivity index (χ4v) is 2.39. The molecule has 0 unspecified atom stereocenters. The van der Waals surface area contributed by atoms with Crippen LogP contribution in [0, 0.1) is 19.8 Å². The van der Waals surface area contributed by atoms with Crippen molar-refractivity contribution in [1.82, 2.24) is 5.32 Å². The van der Waals surface area contributed by atoms with Gasteiger partial charge in [0.25, 0.3) is 5.91 Å². The van der Waals surface area contributed by atoms with E-state index in [4.69, 9.17) is 10.5 Å². The van der Waals surface area contributed by atoms with E-state index in [2.05, 4.69) is 28.9 Å². The van der Waals surface area contributed by atoms with Crippen LogP contribution < -0.4 is 16.8 Å². The van der Waals surface area contributed by atoms with Gasteiger partial charge < -0.3 is 21.6 Å². The molecule has 0 aliphatic rings. The molecule has 7 heteroatoms. The van der Waals surface area contributed by atoms with Crippen LogP contribution in [0.5, 0.6) is 0 Å². The molecule has 1 heterocycles. The van der Waals surface area contributed by atoms with Crippen LogP contribution in [0.4, 0.5) is 0 Å². The number of allylic oxidation sites excluding steroid dienone is 1. The lowest BCUT2D eigenvalue weighted by atomic mass is 10.1. The van der Waals surface area contributed by atoms with Gasteiger partial charge in [0.2, 0.25) is 0 Å². The molecule has 0 radical (unpaired) electrons. The summed E-state index contributed by atoms with van der Waals surface area (Å²) in [6, 6.07) is 11.6. The number of hydrogen-bond acceptors (Lipinski definition) is 5. The molecule has 0 aliphatic carbocycles. The number of amides is 1. The zero-order valence-electron chi connectivity index (χ0n) is 18.5. The number of thiophene rings is 1. The van der Waals surface area contributed by atoms with Gasteiger partial charge in [-0.25, -0.2) is 0 Å². The van der Waals surface area contributed by atoms with Crippen LogP contribution in [0.15, 0.2) is 58.9 Å². The van der Waals surface area contributed by atoms with Gasteiger partial charge in [-0.3, -0.25) is 9.79 Å². The first-order chi connectivity index (χ1) is 14.5. The molecule has 0 spiro atoms. The molecule has 1 aromatic carbocycles. The molecular formula is C23H34N4O2S. The van der Waals surface area contributed by atoms with E-state index in [0.29, 0.717) is 12.4 Å². The minimum absolute atomic E-state index is 0.00787. The molecular weight excluding hydrogens is 396 g/mol. The second kappa shape index (κ2) is 23.8. The Balaban J connectivity index is -0.000000438. The lowest BCUT2D eigenvalue weighted by Gasteiger charge is -2.06. The molecule has 1 aromatic heterocycles. The number of carbonyl (C=O) groups is 2. The Morgan fingerprint density at radius 3 is 2.13 bits per heavy atom. The summed E-state index contributed by atoms with van der Waals surface area (Å²) in [5, 5.41) is 4.92. The zero-order chi connectivity index (χ0) is 23.8. The van der Waals surface area contributed by atoms with Gasteiger partial charge in [-0.2, -0.15) is 0 Å². The Morgan fingerprint density at radius 2 is 1.73 bits per heavy atom. The van der Waals surface area contributed by atoms with E-state index in [1.165, 1.54) is 18.8 Å². The quantitative estimate of drug-likeness (QED) is 0.298. The predicted molar refractivity (Wildman–Crippen MR) is 131 cm³/mol. The van der Waals surface area contributed by atoms with E-state index in [0.717, 1.165) is 17.4 Å². The predicted octanol–water partition coefficient (Wildman–Crippen LogP) is 3.57. The minimum Gasteiger partial charge on any atom is -0.384 e. The molecule has 1 amide bonds. The van der Waals surface area contributed by atoms with E-state index in [1.54, 1.807) is 24.5 Å². The molecule has 30 heavy (non-hydrogen) atoms. The van der Waals surface area contributed by atoms with Crippen LogP contribution in [0.25, 0.3) is 0 Å². The van der Waals surface area contributed by atoms with Crippen molar-refractivity contribution in [2.24, 2.45) is 16.5 Å². The van der Waals surface area contributed by atoms with Crippen molar-refractivity contribution in [1.29, 1.82) is 0 Å². The minimum atomic E-state index is -0.00787. The molecule has 0 saturated carbocycles. The smallest absolute Gasteiger partial charge is 0.251 e. The summed E-state index contributed by atoms with van der Waals surface area (Å²) in [5.41, 5.74) is 11.5. The maximum Gasteiger partial charge on any atom is 0.251 e. The standard InChI is InChI=1S/C13H13NOS.C5H10N2.C2H4O.C2H2.CH5N/c1-10-5-2-3-7-12(10)13(15)14-9-11-6-4-8-16-11;1-3-4-5(6)7-2;1-2-3;2*1-2/h2-8H,9H2,1H3,(H,14,15);3-4H,1-2H3,(H2,6,7);2H,1H3;1-2H;2H2,1H3/b;4-3-;;;. The Kier molecular flexibility index (Phi) is 25.0. The second-order valence-electron chi connectivity index (χ2n) is 4.96. The number of terminal acetylenes is 1. The number of aliphatic imine (C=N–C) groups is 1. The van der Waals surface area contributed by atoms with Crippen LogP contribution in [0.3, 0.4) is 0 Å². The molecule has 6 nitrogen and oxygen atoms in total. The Morgan fingerprint density at radius 1 is 1.17 bits per heavy atom. The Hall–Kier alpha value is -3.21. The van der Waals surface area contributed by atoms with Crippen molar-refractivity contribution >= 4 is 29.4 Å². The highest BCUT2D eigenvalue weighted by molar-refractivity contribution is 7.09. The third kappa shape index (κ3) is 16.9. The van der Waals surface area contributed by atoms with E-state index >= 15 is 0 Å². The number of hydrogen-bond donors (Lipinski definition) is 3. The van der Waals surface area contributed by atoms with Crippen molar-refractivity contribution in [2.45, 2.75) is 27.3 Å². The van der Waals surface area contributed by atoms with E-state index < -0.39 is 0 Å². The first-order valence-corrected chi connectivity index (χ1v) is 9.90. The highest BCUT2D eigenvalue weighted by Crippen LogP contribution is 2.10. The molecule has 2 aromatic rings. The van der Waals surface area contributed by atoms with Gasteiger partial charge in [-0.15, -0.1) is 24.2 Å². The molecule has 0 atom stereocenters. The summed E-state index contributed by atoms with van der Waals surface area (Å²) >= 11 is 1.65. The summed E-state index contributed by atoms with van der Waals surface area (Å²) < 4.78 is 0. The SMILES string of the molecule is C#C.C/C=C\C(N)=NC.CC=O.CN.Cc1ccccc1C(=O)NCc1cccs1. The summed E-state index contributed by atoms with van der Waals surface area (Å²) in [6.45, 7) is 5.89. The monoisotopic (exact) mass is 430 g/mol. The third-order valence-corrected chi connectivity index (χ3v) is 3.86. The van der Waals surface area contributed by atoms with Gasteiger partial charge in [-0.1, -0.05) is 30.3 Å². The van der Waals surface area contributed by atoms with Gasteiger partial charge in [0.05, 0.1) is 6.54 Å². The van der Waals surface area contributed by atoms with Crippen molar-refractivity contribution in [3.8, 4) is 12.8 Å². The molecule has 0 fully saturated rings. The summed E-state index contributed by atoms with van der Waals surface area (Å²) in [5.74, 6) is 0.564. The molecule has 0 aliphatic heterocycles. The van der Waals surface area contributed by atoms with Crippen molar-refractivity contribution in [3.63, 3.8) is 0 Å². The van der Waals surface area contributed by atoms with Gasteiger partial charge in [0.1, 0.15) is 12.1 Å². The number of amidine groups is 1. The fraction of sp³-hybridized carbons (Fsp3) is 0.261. The van der Waals surface area contributed by atoms with E-state index in [9.17, 15) is 4.79 Å². The van der Waals surface area contributed by atoms with Crippen LogP contribution in [-0.4, -0.2) is 32.1 Å². The number of carbonyl (C=O) groups excluding carboxylic acids is 2. The lowest BCUT2D eigenvalue weighted by molar-refractivity contribution is -0.106. The topological polar surface area (TPSA) is 111 Å². The zero-order valence-corrected chi connectivity index (χ0v) is 19.3. The Labute approximate surface area is 185 Å². The van der Waals surface area contributed by atoms with Crippen LogP contribution in [-0.2, 0) is 11.3 Å². The molecule has 0 bridgehead atoms. The number of nitrogens with one attached hydrogen (secondary N) is 1. The Bertz CT molecular complexity index is 752. The molecule has 164 valence electrons. The number of aryl methyl sites for hydroxylation is 1. The number of benzene rings is 1. The van der Waals surface area contributed by atoms with E-state index in [1.807, 2.05) is 61.7 Å². The maximum atomic E-state index is 11.9. The average molecular weight is 431 g/mol. The van der Waals surface area contributed by atoms with Crippen LogP contribution >= 0.6 is 11.3 Å². The molecule has 2 rings (SSSR count). The van der Waals surface area contributed by atoms with Crippen molar-refractivity contribution < 1.29 is 9.59 Å². The van der Waals surface area contributed by atoms with Crippen molar-refractivity contribution in [2.75, 3.05) is 14.1 Å². The fourth-order valence-electron chi connectivity index (χ4n) is 1.75. The first-order valence-electron chi connectivity index (χ1n) is 9.02. The molecule has 0 saturated heterocycles. The van der Waals surface area contributed by atoms with Crippen molar-refractivity contribution in [3.05, 3.63) is 69.9 Å². The lowest BCUT2D eigenvalue weighted by Crippen LogP contribution is -2.23. The van der Waals surface area contributed by atoms with Gasteiger partial charge in [0, 0.05) is 17.5 Å². The van der Waals surface area contributed by atoms with E-state index in [-0.39, 0.29) is 5.91 Å². The number of rotatable bonds is 4. The maximum absolute atomic E-state index is 11.9. The highest BCUT2D eigenvalue weighted by Gasteiger charge is 2.07. The summed E-state index contributed by atoms with van der Waals surface area (Å²) in [6.07, 6.45) is 12.3.